The maximum Gasteiger partial charge on any atom is 0.303 e. The van der Waals surface area contributed by atoms with Crippen molar-refractivity contribution in [3.05, 3.63) is 70.1 Å². The summed E-state index contributed by atoms with van der Waals surface area (Å²) in [6, 6.07) is 15.8. The van der Waals surface area contributed by atoms with Crippen LogP contribution in [0, 0.1) is 6.92 Å². The van der Waals surface area contributed by atoms with Gasteiger partial charge in [0.25, 0.3) is 11.8 Å². The lowest BCUT2D eigenvalue weighted by Gasteiger charge is -2.17. The van der Waals surface area contributed by atoms with E-state index >= 15 is 0 Å². The molecule has 2 amide bonds. The molecular weight excluding hydrogens is 516 g/mol. The number of para-hydroxylation sites is 1. The SMILES string of the molecule is Cc1ccc(CN2C(=O)/C(=C3\SC(=S)N(CCCCCCCCCCC(=O)O)C3=O)c3ccccc32)cc1. The van der Waals surface area contributed by atoms with Gasteiger partial charge in [-0.2, -0.15) is 0 Å². The number of benzene rings is 2. The standard InChI is InChI=1S/C30H34N2O4S2/c1-21-15-17-22(18-16-21)20-32-24-13-10-9-12-23(24)26(28(32)35)27-29(36)31(30(37)38-27)19-11-7-5-3-2-4-6-8-14-25(33)34/h9-10,12-13,15-18H,2-8,11,14,19-20H2,1H3,(H,33,34)/b27-26-. The maximum absolute atomic E-state index is 13.7. The fourth-order valence-electron chi connectivity index (χ4n) is 4.88. The molecule has 200 valence electrons. The zero-order valence-electron chi connectivity index (χ0n) is 21.8. The summed E-state index contributed by atoms with van der Waals surface area (Å²) in [6.07, 6.45) is 8.17. The molecule has 6 nitrogen and oxygen atoms in total. The van der Waals surface area contributed by atoms with Crippen molar-refractivity contribution < 1.29 is 19.5 Å². The van der Waals surface area contributed by atoms with Crippen LogP contribution in [-0.2, 0) is 20.9 Å². The number of hydrogen-bond donors (Lipinski definition) is 1. The molecule has 2 aromatic rings. The molecule has 8 heteroatoms. The number of carboxylic acids is 1. The summed E-state index contributed by atoms with van der Waals surface area (Å²) in [5.74, 6) is -1.05. The number of anilines is 1. The number of rotatable bonds is 13. The minimum Gasteiger partial charge on any atom is -0.481 e. The molecule has 0 unspecified atom stereocenters. The van der Waals surface area contributed by atoms with E-state index < -0.39 is 5.97 Å². The lowest BCUT2D eigenvalue weighted by molar-refractivity contribution is -0.137. The average molecular weight is 551 g/mol. The third-order valence-electron chi connectivity index (χ3n) is 6.98. The van der Waals surface area contributed by atoms with E-state index in [-0.39, 0.29) is 18.2 Å². The fraction of sp³-hybridized carbons (Fsp3) is 0.400. The van der Waals surface area contributed by atoms with Crippen LogP contribution in [0.15, 0.2) is 53.4 Å². The molecule has 2 aliphatic heterocycles. The van der Waals surface area contributed by atoms with E-state index in [9.17, 15) is 14.4 Å². The monoisotopic (exact) mass is 550 g/mol. The molecule has 1 N–H and O–H groups in total. The van der Waals surface area contributed by atoms with Crippen molar-refractivity contribution in [3.63, 3.8) is 0 Å². The van der Waals surface area contributed by atoms with E-state index in [2.05, 4.69) is 0 Å². The number of unbranched alkanes of at least 4 members (excludes halogenated alkanes) is 7. The van der Waals surface area contributed by atoms with Crippen molar-refractivity contribution in [1.29, 1.82) is 0 Å². The van der Waals surface area contributed by atoms with Gasteiger partial charge in [-0.15, -0.1) is 0 Å². The number of thioether (sulfide) groups is 1. The van der Waals surface area contributed by atoms with Crippen LogP contribution in [0.3, 0.4) is 0 Å². The molecule has 2 heterocycles. The first kappa shape index (κ1) is 28.0. The smallest absolute Gasteiger partial charge is 0.303 e. The number of nitrogens with zero attached hydrogens (tertiary/aromatic N) is 2. The molecule has 38 heavy (non-hydrogen) atoms. The van der Waals surface area contributed by atoms with Crippen molar-refractivity contribution in [1.82, 2.24) is 4.90 Å². The Morgan fingerprint density at radius 3 is 2.16 bits per heavy atom. The lowest BCUT2D eigenvalue weighted by Crippen LogP contribution is -2.30. The first-order chi connectivity index (χ1) is 18.4. The van der Waals surface area contributed by atoms with Gasteiger partial charge in [0.15, 0.2) is 0 Å². The van der Waals surface area contributed by atoms with Crippen LogP contribution < -0.4 is 4.90 Å². The van der Waals surface area contributed by atoms with Gasteiger partial charge in [-0.3, -0.25) is 19.3 Å². The predicted octanol–water partition coefficient (Wildman–Crippen LogP) is 6.71. The van der Waals surface area contributed by atoms with Crippen LogP contribution in [0.25, 0.3) is 5.57 Å². The van der Waals surface area contributed by atoms with Gasteiger partial charge in [-0.05, 0) is 31.4 Å². The highest BCUT2D eigenvalue weighted by Crippen LogP contribution is 2.45. The average Bonchev–Trinajstić information content (AvgIpc) is 3.33. The summed E-state index contributed by atoms with van der Waals surface area (Å²) in [5.41, 5.74) is 4.26. The summed E-state index contributed by atoms with van der Waals surface area (Å²) < 4.78 is 0.512. The number of thiocarbonyl (C=S) groups is 1. The Kier molecular flexibility index (Phi) is 9.74. The highest BCUT2D eigenvalue weighted by atomic mass is 32.2. The number of aliphatic carboxylic acids is 1. The third kappa shape index (κ3) is 6.72. The molecular formula is C30H34N2O4S2. The van der Waals surface area contributed by atoms with Crippen molar-refractivity contribution in [2.45, 2.75) is 71.3 Å². The molecule has 0 aromatic heterocycles. The van der Waals surface area contributed by atoms with Gasteiger partial charge in [0.2, 0.25) is 0 Å². The molecule has 4 rings (SSSR count). The van der Waals surface area contributed by atoms with Crippen LogP contribution in [0.1, 0.15) is 74.5 Å². The quantitative estimate of drug-likeness (QED) is 0.170. The fourth-order valence-corrected chi connectivity index (χ4v) is 6.26. The number of fused-ring (bicyclic) bond motifs is 1. The summed E-state index contributed by atoms with van der Waals surface area (Å²) in [6.45, 7) is 3.04. The Bertz CT molecular complexity index is 1240. The first-order valence-electron chi connectivity index (χ1n) is 13.3. The topological polar surface area (TPSA) is 77.9 Å². The Hall–Kier alpha value is -2.97. The second kappa shape index (κ2) is 13.2. The van der Waals surface area contributed by atoms with E-state index in [4.69, 9.17) is 17.3 Å². The molecule has 0 bridgehead atoms. The van der Waals surface area contributed by atoms with Gasteiger partial charge in [0, 0.05) is 18.5 Å². The summed E-state index contributed by atoms with van der Waals surface area (Å²) >= 11 is 6.80. The number of hydrogen-bond acceptors (Lipinski definition) is 5. The number of aryl methyl sites for hydroxylation is 1. The molecule has 1 saturated heterocycles. The van der Waals surface area contributed by atoms with Gasteiger partial charge < -0.3 is 10.0 Å². The second-order valence-electron chi connectivity index (χ2n) is 9.90. The number of carbonyl (C=O) groups is 3. The first-order valence-corrected chi connectivity index (χ1v) is 14.6. The molecule has 0 atom stereocenters. The molecule has 0 saturated carbocycles. The number of amides is 2. The molecule has 1 fully saturated rings. The van der Waals surface area contributed by atoms with Crippen LogP contribution in [0.4, 0.5) is 5.69 Å². The largest absolute Gasteiger partial charge is 0.481 e. The van der Waals surface area contributed by atoms with E-state index in [1.54, 1.807) is 9.80 Å². The normalized spacial score (nSPS) is 17.0. The van der Waals surface area contributed by atoms with E-state index in [1.807, 2.05) is 55.5 Å². The Morgan fingerprint density at radius 1 is 0.842 bits per heavy atom. The van der Waals surface area contributed by atoms with Gasteiger partial charge in [-0.25, -0.2) is 0 Å². The Morgan fingerprint density at radius 2 is 1.47 bits per heavy atom. The zero-order chi connectivity index (χ0) is 27.1. The highest BCUT2D eigenvalue weighted by Gasteiger charge is 2.41. The predicted molar refractivity (Wildman–Crippen MR) is 157 cm³/mol. The van der Waals surface area contributed by atoms with Crippen LogP contribution >= 0.6 is 24.0 Å². The summed E-state index contributed by atoms with van der Waals surface area (Å²) in [7, 11) is 0. The van der Waals surface area contributed by atoms with Crippen molar-refractivity contribution in [2.75, 3.05) is 11.4 Å². The Labute approximate surface area is 234 Å². The van der Waals surface area contributed by atoms with Crippen molar-refractivity contribution >= 4 is 57.3 Å². The third-order valence-corrected chi connectivity index (χ3v) is 8.43. The molecule has 0 aliphatic carbocycles. The van der Waals surface area contributed by atoms with Gasteiger partial charge in [-0.1, -0.05) is 111 Å². The Balaban J connectivity index is 1.35. The highest BCUT2D eigenvalue weighted by molar-refractivity contribution is 8.26. The van der Waals surface area contributed by atoms with E-state index in [0.29, 0.717) is 27.9 Å². The van der Waals surface area contributed by atoms with E-state index in [0.717, 1.165) is 68.2 Å². The van der Waals surface area contributed by atoms with Crippen molar-refractivity contribution in [2.24, 2.45) is 0 Å². The van der Waals surface area contributed by atoms with Crippen molar-refractivity contribution in [3.8, 4) is 0 Å². The van der Waals surface area contributed by atoms with E-state index in [1.165, 1.54) is 17.3 Å². The molecule has 0 spiro atoms. The van der Waals surface area contributed by atoms with Crippen LogP contribution in [-0.4, -0.2) is 38.7 Å². The lowest BCUT2D eigenvalue weighted by atomic mass is 10.1. The summed E-state index contributed by atoms with van der Waals surface area (Å²) in [4.78, 5) is 41.5. The summed E-state index contributed by atoms with van der Waals surface area (Å²) in [5, 5.41) is 8.69. The molecule has 2 aliphatic rings. The molecule has 0 radical (unpaired) electrons. The number of carboxylic acid groups (broad SMARTS) is 1. The second-order valence-corrected chi connectivity index (χ2v) is 11.5. The minimum absolute atomic E-state index is 0.157. The van der Waals surface area contributed by atoms with Gasteiger partial charge >= 0.3 is 5.97 Å². The number of carbonyl (C=O) groups excluding carboxylic acids is 2. The van der Waals surface area contributed by atoms with Gasteiger partial charge in [0.05, 0.1) is 22.7 Å². The zero-order valence-corrected chi connectivity index (χ0v) is 23.4. The minimum atomic E-state index is -0.725. The van der Waals surface area contributed by atoms with Crippen LogP contribution in [0.2, 0.25) is 0 Å². The molecule has 2 aromatic carbocycles. The van der Waals surface area contributed by atoms with Gasteiger partial charge in [0.1, 0.15) is 4.32 Å². The van der Waals surface area contributed by atoms with Crippen LogP contribution in [0.5, 0.6) is 0 Å². The maximum atomic E-state index is 13.7.